The zero-order chi connectivity index (χ0) is 17.6. The van der Waals surface area contributed by atoms with Crippen molar-refractivity contribution < 1.29 is 4.79 Å². The molecule has 0 spiro atoms. The number of piperazine rings is 1. The molecule has 25 heavy (non-hydrogen) atoms. The number of aryl methyl sites for hydroxylation is 1. The molecule has 3 rings (SSSR count). The number of benzene rings is 2. The number of carbonyl (C=O) groups is 1. The van der Waals surface area contributed by atoms with Gasteiger partial charge in [-0.1, -0.05) is 48.0 Å². The highest BCUT2D eigenvalue weighted by molar-refractivity contribution is 5.78. The Morgan fingerprint density at radius 1 is 1.08 bits per heavy atom. The predicted molar refractivity (Wildman–Crippen MR) is 103 cm³/mol. The predicted octanol–water partition coefficient (Wildman–Crippen LogP) is 2.82. The molecule has 1 amide bonds. The van der Waals surface area contributed by atoms with Crippen molar-refractivity contribution in [2.24, 2.45) is 0 Å². The van der Waals surface area contributed by atoms with E-state index in [4.69, 9.17) is 0 Å². The first-order valence-electron chi connectivity index (χ1n) is 8.98. The first-order valence-corrected chi connectivity index (χ1v) is 8.98. The molecule has 0 radical (unpaired) electrons. The fourth-order valence-corrected chi connectivity index (χ4v) is 3.35. The van der Waals surface area contributed by atoms with Gasteiger partial charge in [-0.3, -0.25) is 9.69 Å². The van der Waals surface area contributed by atoms with Crippen molar-refractivity contribution in [2.45, 2.75) is 26.4 Å². The second-order valence-corrected chi connectivity index (χ2v) is 6.88. The Balaban J connectivity index is 1.47. The fraction of sp³-hybridized carbons (Fsp3) is 0.381. The molecule has 132 valence electrons. The standard InChI is InChI=1S/C21H27N3O/c1-17-8-10-20(11-9-17)24-13-12-23(15-18(24)2)16-21(25)22-14-19-6-4-3-5-7-19/h3-11,18H,12-16H2,1-2H3,(H,22,25)/t18-/m0/s1. The van der Waals surface area contributed by atoms with Crippen LogP contribution in [-0.2, 0) is 11.3 Å². The quantitative estimate of drug-likeness (QED) is 0.911. The summed E-state index contributed by atoms with van der Waals surface area (Å²) in [6.07, 6.45) is 0. The maximum Gasteiger partial charge on any atom is 0.234 e. The van der Waals surface area contributed by atoms with Crippen molar-refractivity contribution in [1.29, 1.82) is 0 Å². The van der Waals surface area contributed by atoms with Crippen LogP contribution in [0, 0.1) is 6.92 Å². The third-order valence-electron chi connectivity index (χ3n) is 4.78. The monoisotopic (exact) mass is 337 g/mol. The lowest BCUT2D eigenvalue weighted by molar-refractivity contribution is -0.122. The SMILES string of the molecule is Cc1ccc(N2CCN(CC(=O)NCc3ccccc3)C[C@@H]2C)cc1. The normalized spacial score (nSPS) is 18.2. The van der Waals surface area contributed by atoms with Gasteiger partial charge < -0.3 is 10.2 Å². The first-order chi connectivity index (χ1) is 12.1. The van der Waals surface area contributed by atoms with E-state index in [0.29, 0.717) is 19.1 Å². The Bertz CT molecular complexity index is 684. The molecule has 2 aromatic carbocycles. The fourth-order valence-electron chi connectivity index (χ4n) is 3.35. The Morgan fingerprint density at radius 3 is 2.48 bits per heavy atom. The summed E-state index contributed by atoms with van der Waals surface area (Å²) in [6.45, 7) is 8.18. The minimum absolute atomic E-state index is 0.0971. The van der Waals surface area contributed by atoms with Crippen LogP contribution in [-0.4, -0.2) is 43.0 Å². The van der Waals surface area contributed by atoms with E-state index in [1.54, 1.807) is 0 Å². The van der Waals surface area contributed by atoms with Gasteiger partial charge >= 0.3 is 0 Å². The molecule has 0 saturated carbocycles. The van der Waals surface area contributed by atoms with Crippen molar-refractivity contribution in [3.63, 3.8) is 0 Å². The molecule has 1 atom stereocenters. The largest absolute Gasteiger partial charge is 0.366 e. The molecule has 1 heterocycles. The van der Waals surface area contributed by atoms with Crippen molar-refractivity contribution in [2.75, 3.05) is 31.1 Å². The molecule has 4 nitrogen and oxygen atoms in total. The molecule has 2 aromatic rings. The van der Waals surface area contributed by atoms with E-state index in [1.807, 2.05) is 30.3 Å². The van der Waals surface area contributed by atoms with E-state index in [9.17, 15) is 4.79 Å². The van der Waals surface area contributed by atoms with Gasteiger partial charge in [-0.15, -0.1) is 0 Å². The molecule has 1 aliphatic rings. The summed E-state index contributed by atoms with van der Waals surface area (Å²) in [6, 6.07) is 19.1. The van der Waals surface area contributed by atoms with Gasteiger partial charge in [0.1, 0.15) is 0 Å². The first kappa shape index (κ1) is 17.5. The van der Waals surface area contributed by atoms with Gasteiger partial charge in [0.2, 0.25) is 5.91 Å². The Labute approximate surface area is 150 Å². The number of rotatable bonds is 5. The second-order valence-electron chi connectivity index (χ2n) is 6.88. The van der Waals surface area contributed by atoms with Crippen LogP contribution in [0.3, 0.4) is 0 Å². The molecule has 0 unspecified atom stereocenters. The van der Waals surface area contributed by atoms with E-state index >= 15 is 0 Å². The highest BCUT2D eigenvalue weighted by Gasteiger charge is 2.24. The van der Waals surface area contributed by atoms with Gasteiger partial charge in [-0.2, -0.15) is 0 Å². The molecule has 0 aliphatic carbocycles. The van der Waals surface area contributed by atoms with E-state index in [1.165, 1.54) is 11.3 Å². The molecule has 4 heteroatoms. The highest BCUT2D eigenvalue weighted by atomic mass is 16.2. The molecule has 1 fully saturated rings. The second kappa shape index (κ2) is 8.17. The number of hydrogen-bond acceptors (Lipinski definition) is 3. The van der Waals surface area contributed by atoms with Crippen LogP contribution < -0.4 is 10.2 Å². The molecule has 1 saturated heterocycles. The molecular formula is C21H27N3O. The molecule has 1 N–H and O–H groups in total. The minimum atomic E-state index is 0.0971. The van der Waals surface area contributed by atoms with Crippen LogP contribution in [0.4, 0.5) is 5.69 Å². The van der Waals surface area contributed by atoms with Crippen LogP contribution in [0.2, 0.25) is 0 Å². The van der Waals surface area contributed by atoms with Crippen LogP contribution in [0.1, 0.15) is 18.1 Å². The summed E-state index contributed by atoms with van der Waals surface area (Å²) in [7, 11) is 0. The average Bonchev–Trinajstić information content (AvgIpc) is 2.62. The van der Waals surface area contributed by atoms with Crippen molar-refractivity contribution in [3.8, 4) is 0 Å². The Morgan fingerprint density at radius 2 is 1.80 bits per heavy atom. The summed E-state index contributed by atoms with van der Waals surface area (Å²) < 4.78 is 0. The number of nitrogens with zero attached hydrogens (tertiary/aromatic N) is 2. The van der Waals surface area contributed by atoms with Crippen LogP contribution in [0.15, 0.2) is 54.6 Å². The minimum Gasteiger partial charge on any atom is -0.366 e. The zero-order valence-corrected chi connectivity index (χ0v) is 15.1. The van der Waals surface area contributed by atoms with Gasteiger partial charge in [-0.05, 0) is 31.5 Å². The van der Waals surface area contributed by atoms with Gasteiger partial charge in [0.05, 0.1) is 6.54 Å². The molecular weight excluding hydrogens is 310 g/mol. The summed E-state index contributed by atoms with van der Waals surface area (Å²) in [5.41, 5.74) is 3.69. The lowest BCUT2D eigenvalue weighted by atomic mass is 10.1. The number of hydrogen-bond donors (Lipinski definition) is 1. The summed E-state index contributed by atoms with van der Waals surface area (Å²) >= 11 is 0. The summed E-state index contributed by atoms with van der Waals surface area (Å²) in [5, 5.41) is 3.02. The van der Waals surface area contributed by atoms with E-state index in [-0.39, 0.29) is 5.91 Å². The summed E-state index contributed by atoms with van der Waals surface area (Å²) in [4.78, 5) is 16.9. The van der Waals surface area contributed by atoms with Crippen LogP contribution >= 0.6 is 0 Å². The van der Waals surface area contributed by atoms with Crippen LogP contribution in [0.25, 0.3) is 0 Å². The molecule has 1 aliphatic heterocycles. The number of carbonyl (C=O) groups excluding carboxylic acids is 1. The van der Waals surface area contributed by atoms with Crippen molar-refractivity contribution in [1.82, 2.24) is 10.2 Å². The highest BCUT2D eigenvalue weighted by Crippen LogP contribution is 2.20. The third kappa shape index (κ3) is 4.83. The van der Waals surface area contributed by atoms with Gasteiger partial charge in [0, 0.05) is 37.9 Å². The van der Waals surface area contributed by atoms with Gasteiger partial charge in [0.15, 0.2) is 0 Å². The van der Waals surface area contributed by atoms with Crippen molar-refractivity contribution >= 4 is 11.6 Å². The summed E-state index contributed by atoms with van der Waals surface area (Å²) in [5.74, 6) is 0.0971. The Hall–Kier alpha value is -2.33. The maximum absolute atomic E-state index is 12.2. The zero-order valence-electron chi connectivity index (χ0n) is 15.1. The molecule has 0 aromatic heterocycles. The van der Waals surface area contributed by atoms with Crippen molar-refractivity contribution in [3.05, 3.63) is 65.7 Å². The molecule has 0 bridgehead atoms. The number of amides is 1. The third-order valence-corrected chi connectivity index (χ3v) is 4.78. The number of nitrogens with one attached hydrogen (secondary N) is 1. The van der Waals surface area contributed by atoms with Gasteiger partial charge in [0.25, 0.3) is 0 Å². The maximum atomic E-state index is 12.2. The number of anilines is 1. The van der Waals surface area contributed by atoms with E-state index in [0.717, 1.165) is 25.2 Å². The lowest BCUT2D eigenvalue weighted by Crippen LogP contribution is -2.54. The Kier molecular flexibility index (Phi) is 5.71. The topological polar surface area (TPSA) is 35.6 Å². The lowest BCUT2D eigenvalue weighted by Gasteiger charge is -2.41. The smallest absolute Gasteiger partial charge is 0.234 e. The van der Waals surface area contributed by atoms with Crippen LogP contribution in [0.5, 0.6) is 0 Å². The van der Waals surface area contributed by atoms with E-state index in [2.05, 4.69) is 53.2 Å². The average molecular weight is 337 g/mol. The van der Waals surface area contributed by atoms with E-state index < -0.39 is 0 Å². The van der Waals surface area contributed by atoms with Gasteiger partial charge in [-0.25, -0.2) is 0 Å².